The van der Waals surface area contributed by atoms with Crippen molar-refractivity contribution in [1.29, 1.82) is 0 Å². The molecule has 1 aliphatic rings. The molecule has 0 radical (unpaired) electrons. The molecule has 1 rings (SSSR count). The van der Waals surface area contributed by atoms with E-state index in [1.165, 1.54) is 0 Å². The average molecular weight is 204 g/mol. The molecule has 0 aromatic carbocycles. The molecule has 0 saturated heterocycles. The Kier molecular flexibility index (Phi) is 1.83. The van der Waals surface area contributed by atoms with Crippen LogP contribution >= 0.6 is 15.9 Å². The van der Waals surface area contributed by atoms with Crippen molar-refractivity contribution in [2.45, 2.75) is 18.9 Å². The summed E-state index contributed by atoms with van der Waals surface area (Å²) in [5, 5.41) is 0. The maximum Gasteiger partial charge on any atom is 0.135 e. The normalized spacial score (nSPS) is 33.1. The Hall–Kier alpha value is -0.350. The van der Waals surface area contributed by atoms with Gasteiger partial charge in [0.25, 0.3) is 0 Å². The van der Waals surface area contributed by atoms with Crippen LogP contribution in [0.2, 0.25) is 0 Å². The predicted molar refractivity (Wildman–Crippen MR) is 45.8 cm³/mol. The maximum atomic E-state index is 5.84. The second-order valence-electron chi connectivity index (χ2n) is 2.63. The Morgan fingerprint density at radius 2 is 2.40 bits per heavy atom. The van der Waals surface area contributed by atoms with Crippen molar-refractivity contribution in [3.63, 3.8) is 0 Å². The minimum Gasteiger partial charge on any atom is -0.383 e. The molecule has 0 aromatic rings. The minimum absolute atomic E-state index is 0.369. The highest BCUT2D eigenvalue weighted by Crippen LogP contribution is 2.27. The standard InChI is InChI=1S/C6H10BrN3/c1-6(9)2-3-10-5(8)4(6)7/h3H,2,8-9H2,1H3. The van der Waals surface area contributed by atoms with Crippen molar-refractivity contribution in [2.75, 3.05) is 0 Å². The van der Waals surface area contributed by atoms with Gasteiger partial charge in [0.15, 0.2) is 0 Å². The van der Waals surface area contributed by atoms with Crippen LogP contribution in [0.1, 0.15) is 13.3 Å². The Bertz CT molecular complexity index is 205. The summed E-state index contributed by atoms with van der Waals surface area (Å²) >= 11 is 3.29. The van der Waals surface area contributed by atoms with E-state index in [1.54, 1.807) is 6.21 Å². The molecular formula is C6H10BrN3. The zero-order chi connectivity index (χ0) is 7.78. The second kappa shape index (κ2) is 2.36. The van der Waals surface area contributed by atoms with Crippen LogP contribution < -0.4 is 11.5 Å². The lowest BCUT2D eigenvalue weighted by molar-refractivity contribution is 0.594. The maximum absolute atomic E-state index is 5.84. The van der Waals surface area contributed by atoms with E-state index in [0.717, 1.165) is 10.9 Å². The molecule has 0 saturated carbocycles. The molecule has 0 spiro atoms. The third kappa shape index (κ3) is 1.22. The molecule has 0 fully saturated rings. The van der Waals surface area contributed by atoms with E-state index in [-0.39, 0.29) is 5.54 Å². The monoisotopic (exact) mass is 203 g/mol. The van der Waals surface area contributed by atoms with Gasteiger partial charge >= 0.3 is 0 Å². The van der Waals surface area contributed by atoms with E-state index in [4.69, 9.17) is 11.5 Å². The molecule has 1 heterocycles. The van der Waals surface area contributed by atoms with Crippen molar-refractivity contribution in [1.82, 2.24) is 0 Å². The first-order valence-corrected chi connectivity index (χ1v) is 3.80. The summed E-state index contributed by atoms with van der Waals surface area (Å²) in [6, 6.07) is 0. The van der Waals surface area contributed by atoms with E-state index in [1.807, 2.05) is 6.92 Å². The average Bonchev–Trinajstić information content (AvgIpc) is 1.83. The number of hydrogen-bond acceptors (Lipinski definition) is 3. The molecular weight excluding hydrogens is 194 g/mol. The van der Waals surface area contributed by atoms with Crippen LogP contribution in [0, 0.1) is 0 Å². The first-order valence-electron chi connectivity index (χ1n) is 3.01. The lowest BCUT2D eigenvalue weighted by Gasteiger charge is -2.25. The number of aliphatic imine (C=N–C) groups is 1. The number of nitrogens with zero attached hydrogens (tertiary/aromatic N) is 1. The summed E-state index contributed by atoms with van der Waals surface area (Å²) in [5.74, 6) is 0.483. The molecule has 3 nitrogen and oxygen atoms in total. The van der Waals surface area contributed by atoms with Gasteiger partial charge in [0.05, 0.1) is 10.0 Å². The van der Waals surface area contributed by atoms with Gasteiger partial charge in [0.2, 0.25) is 0 Å². The van der Waals surface area contributed by atoms with Gasteiger partial charge in [-0.1, -0.05) is 0 Å². The quantitative estimate of drug-likeness (QED) is 0.610. The summed E-state index contributed by atoms with van der Waals surface area (Å²) in [4.78, 5) is 3.91. The fraction of sp³-hybridized carbons (Fsp3) is 0.500. The number of nitrogens with two attached hydrogens (primary N) is 2. The van der Waals surface area contributed by atoms with Crippen LogP contribution in [0.25, 0.3) is 0 Å². The molecule has 10 heavy (non-hydrogen) atoms. The molecule has 4 N–H and O–H groups in total. The van der Waals surface area contributed by atoms with Crippen LogP contribution in [0.5, 0.6) is 0 Å². The SMILES string of the molecule is CC1(N)CC=NC(N)=C1Br. The van der Waals surface area contributed by atoms with E-state index < -0.39 is 0 Å². The molecule has 0 aromatic heterocycles. The van der Waals surface area contributed by atoms with Crippen molar-refractivity contribution in [3.8, 4) is 0 Å². The van der Waals surface area contributed by atoms with Gasteiger partial charge in [-0.25, -0.2) is 4.99 Å². The molecule has 1 unspecified atom stereocenters. The minimum atomic E-state index is -0.369. The largest absolute Gasteiger partial charge is 0.383 e. The zero-order valence-electron chi connectivity index (χ0n) is 5.76. The summed E-state index contributed by atoms with van der Waals surface area (Å²) in [7, 11) is 0. The third-order valence-electron chi connectivity index (χ3n) is 1.47. The molecule has 0 amide bonds. The fourth-order valence-electron chi connectivity index (χ4n) is 0.772. The summed E-state index contributed by atoms with van der Waals surface area (Å²) in [5.41, 5.74) is 11.0. The van der Waals surface area contributed by atoms with Crippen LogP contribution in [0.15, 0.2) is 15.3 Å². The molecule has 4 heteroatoms. The summed E-state index contributed by atoms with van der Waals surface area (Å²) in [6.07, 6.45) is 2.47. The van der Waals surface area contributed by atoms with Crippen molar-refractivity contribution in [2.24, 2.45) is 16.5 Å². The van der Waals surface area contributed by atoms with E-state index in [2.05, 4.69) is 20.9 Å². The molecule has 0 aliphatic carbocycles. The van der Waals surface area contributed by atoms with E-state index in [0.29, 0.717) is 5.82 Å². The van der Waals surface area contributed by atoms with E-state index >= 15 is 0 Å². The van der Waals surface area contributed by atoms with Gasteiger partial charge in [-0.05, 0) is 22.9 Å². The lowest BCUT2D eigenvalue weighted by atomic mass is 9.98. The highest BCUT2D eigenvalue weighted by molar-refractivity contribution is 9.11. The van der Waals surface area contributed by atoms with Crippen molar-refractivity contribution in [3.05, 3.63) is 10.3 Å². The summed E-state index contributed by atoms with van der Waals surface area (Å²) in [6.45, 7) is 1.91. The van der Waals surface area contributed by atoms with Crippen LogP contribution in [0.4, 0.5) is 0 Å². The molecule has 1 aliphatic heterocycles. The Morgan fingerprint density at radius 3 is 2.80 bits per heavy atom. The number of rotatable bonds is 0. The van der Waals surface area contributed by atoms with Gasteiger partial charge < -0.3 is 11.5 Å². The van der Waals surface area contributed by atoms with Gasteiger partial charge in [0.1, 0.15) is 5.82 Å². The van der Waals surface area contributed by atoms with Crippen LogP contribution in [-0.4, -0.2) is 11.8 Å². The van der Waals surface area contributed by atoms with Crippen molar-refractivity contribution < 1.29 is 0 Å². The first-order chi connectivity index (χ1) is 4.54. The highest BCUT2D eigenvalue weighted by atomic mass is 79.9. The van der Waals surface area contributed by atoms with Gasteiger partial charge in [-0.15, -0.1) is 0 Å². The van der Waals surface area contributed by atoms with Crippen LogP contribution in [0.3, 0.4) is 0 Å². The van der Waals surface area contributed by atoms with E-state index in [9.17, 15) is 0 Å². The molecule has 56 valence electrons. The van der Waals surface area contributed by atoms with Gasteiger partial charge in [0, 0.05) is 12.6 Å². The Labute approximate surface area is 68.3 Å². The third-order valence-corrected chi connectivity index (χ3v) is 2.78. The smallest absolute Gasteiger partial charge is 0.135 e. The fourth-order valence-corrected chi connectivity index (χ4v) is 1.04. The van der Waals surface area contributed by atoms with Crippen LogP contribution in [-0.2, 0) is 0 Å². The number of hydrogen-bond donors (Lipinski definition) is 2. The Morgan fingerprint density at radius 1 is 1.80 bits per heavy atom. The zero-order valence-corrected chi connectivity index (χ0v) is 7.35. The van der Waals surface area contributed by atoms with Gasteiger partial charge in [-0.3, -0.25) is 0 Å². The lowest BCUT2D eigenvalue weighted by Crippen LogP contribution is -2.39. The second-order valence-corrected chi connectivity index (χ2v) is 3.43. The predicted octanol–water partition coefficient (Wildman–Crippen LogP) is 0.701. The highest BCUT2D eigenvalue weighted by Gasteiger charge is 2.25. The summed E-state index contributed by atoms with van der Waals surface area (Å²) < 4.78 is 0.794. The molecule has 0 bridgehead atoms. The topological polar surface area (TPSA) is 64.4 Å². The van der Waals surface area contributed by atoms with Crippen molar-refractivity contribution >= 4 is 22.1 Å². The first kappa shape index (κ1) is 7.75. The Balaban J connectivity index is 2.99. The molecule has 1 atom stereocenters. The number of halogens is 1. The van der Waals surface area contributed by atoms with Gasteiger partial charge in [-0.2, -0.15) is 0 Å².